The number of amides is 1. The zero-order valence-corrected chi connectivity index (χ0v) is 23.4. The fourth-order valence-electron chi connectivity index (χ4n) is 3.44. The predicted molar refractivity (Wildman–Crippen MR) is 130 cm³/mol. The first-order valence-electron chi connectivity index (χ1n) is 12.3. The van der Waals surface area contributed by atoms with Crippen LogP contribution < -0.4 is 10.3 Å². The molecular formula is C21H48N2O7Si2. The van der Waals surface area contributed by atoms with Gasteiger partial charge < -0.3 is 36.9 Å². The van der Waals surface area contributed by atoms with Crippen LogP contribution in [0.4, 0.5) is 0 Å². The van der Waals surface area contributed by atoms with Gasteiger partial charge in [-0.2, -0.15) is 0 Å². The average molecular weight is 497 g/mol. The van der Waals surface area contributed by atoms with Crippen molar-refractivity contribution in [2.45, 2.75) is 73.8 Å². The minimum Gasteiger partial charge on any atom is -0.374 e. The number of hydrogen-bond acceptors (Lipinski definition) is 8. The van der Waals surface area contributed by atoms with Gasteiger partial charge in [-0.25, -0.2) is 0 Å². The molecule has 0 heterocycles. The van der Waals surface area contributed by atoms with Crippen molar-refractivity contribution in [3.8, 4) is 0 Å². The molecule has 9 nitrogen and oxygen atoms in total. The molecule has 0 aromatic rings. The Balaban J connectivity index is 4.86. The summed E-state index contributed by atoms with van der Waals surface area (Å²) in [5.41, 5.74) is 0. The Morgan fingerprint density at radius 3 is 1.62 bits per heavy atom. The van der Waals surface area contributed by atoms with E-state index in [1.165, 1.54) is 0 Å². The van der Waals surface area contributed by atoms with Crippen LogP contribution in [0.1, 0.15) is 67.7 Å². The molecule has 0 aromatic heterocycles. The second-order valence-corrected chi connectivity index (χ2v) is 12.1. The van der Waals surface area contributed by atoms with Crippen molar-refractivity contribution in [2.75, 3.05) is 52.7 Å². The van der Waals surface area contributed by atoms with Crippen LogP contribution in [0.2, 0.25) is 6.04 Å². The van der Waals surface area contributed by atoms with Crippen LogP contribution in [0.15, 0.2) is 0 Å². The van der Waals surface area contributed by atoms with Gasteiger partial charge in [0.05, 0.1) is 0 Å². The maximum Gasteiger partial charge on any atom is 0.633 e. The standard InChI is InChI=1S/C21H48N2O7Si2/c1-8-16-20(21(24)23-32(28-12-5,29-13-6)30-14-7)19-22-17-15-18-31(25-9-2,26-10-3)27-11-4/h20,22H,8-19H2,1-7H3,(H,23,24). The molecule has 11 heteroatoms. The molecule has 0 aromatic carbocycles. The van der Waals surface area contributed by atoms with Gasteiger partial charge in [0.25, 0.3) is 0 Å². The Morgan fingerprint density at radius 1 is 0.750 bits per heavy atom. The van der Waals surface area contributed by atoms with Gasteiger partial charge in [0.15, 0.2) is 0 Å². The molecule has 0 spiro atoms. The fraction of sp³-hybridized carbons (Fsp3) is 0.952. The summed E-state index contributed by atoms with van der Waals surface area (Å²) in [5, 5.41) is 3.42. The van der Waals surface area contributed by atoms with Crippen molar-refractivity contribution in [3.05, 3.63) is 0 Å². The third kappa shape index (κ3) is 12.2. The van der Waals surface area contributed by atoms with Crippen molar-refractivity contribution >= 4 is 23.7 Å². The summed E-state index contributed by atoms with van der Waals surface area (Å²) >= 11 is 0. The van der Waals surface area contributed by atoms with E-state index >= 15 is 0 Å². The normalized spacial score (nSPS) is 13.3. The van der Waals surface area contributed by atoms with Crippen LogP contribution in [0.5, 0.6) is 0 Å². The third-order valence-electron chi connectivity index (χ3n) is 4.61. The second-order valence-electron chi connectivity index (χ2n) is 7.12. The topological polar surface area (TPSA) is 96.5 Å². The molecule has 1 unspecified atom stereocenters. The quantitative estimate of drug-likeness (QED) is 0.174. The van der Waals surface area contributed by atoms with Crippen molar-refractivity contribution in [1.29, 1.82) is 0 Å². The first-order chi connectivity index (χ1) is 15.4. The molecule has 0 bridgehead atoms. The van der Waals surface area contributed by atoms with Crippen LogP contribution in [0.3, 0.4) is 0 Å². The summed E-state index contributed by atoms with van der Waals surface area (Å²) in [7, 11) is -5.86. The molecule has 32 heavy (non-hydrogen) atoms. The molecule has 0 saturated carbocycles. The van der Waals surface area contributed by atoms with E-state index < -0.39 is 17.8 Å². The highest BCUT2D eigenvalue weighted by Gasteiger charge is 2.45. The fourth-order valence-corrected chi connectivity index (χ4v) is 8.16. The lowest BCUT2D eigenvalue weighted by atomic mass is 10.0. The van der Waals surface area contributed by atoms with E-state index in [9.17, 15) is 4.79 Å². The van der Waals surface area contributed by atoms with Crippen LogP contribution in [0.25, 0.3) is 0 Å². The Morgan fingerprint density at radius 2 is 1.22 bits per heavy atom. The van der Waals surface area contributed by atoms with Gasteiger partial charge in [0, 0.05) is 58.1 Å². The van der Waals surface area contributed by atoms with Crippen LogP contribution in [-0.4, -0.2) is 76.4 Å². The molecule has 1 amide bonds. The Labute approximate surface area is 198 Å². The maximum absolute atomic E-state index is 13.0. The zero-order chi connectivity index (χ0) is 24.3. The van der Waals surface area contributed by atoms with Gasteiger partial charge in [-0.3, -0.25) is 4.79 Å². The van der Waals surface area contributed by atoms with Crippen LogP contribution >= 0.6 is 0 Å². The highest BCUT2D eigenvalue weighted by Crippen LogP contribution is 2.18. The lowest BCUT2D eigenvalue weighted by Gasteiger charge is -2.30. The predicted octanol–water partition coefficient (Wildman–Crippen LogP) is 3.09. The summed E-state index contributed by atoms with van der Waals surface area (Å²) in [6.45, 7) is 17.8. The van der Waals surface area contributed by atoms with E-state index in [2.05, 4.69) is 17.2 Å². The van der Waals surface area contributed by atoms with E-state index in [0.29, 0.717) is 46.2 Å². The van der Waals surface area contributed by atoms with E-state index in [0.717, 1.165) is 31.9 Å². The molecule has 1 atom stereocenters. The van der Waals surface area contributed by atoms with E-state index in [-0.39, 0.29) is 11.8 Å². The molecule has 0 aliphatic rings. The molecular weight excluding hydrogens is 448 g/mol. The van der Waals surface area contributed by atoms with Crippen molar-refractivity contribution in [2.24, 2.45) is 5.92 Å². The van der Waals surface area contributed by atoms with Crippen LogP contribution in [0, 0.1) is 5.92 Å². The number of nitrogens with one attached hydrogen (secondary N) is 2. The highest BCUT2D eigenvalue weighted by molar-refractivity contribution is 6.61. The van der Waals surface area contributed by atoms with Gasteiger partial charge >= 0.3 is 17.8 Å². The summed E-state index contributed by atoms with van der Waals surface area (Å²) < 4.78 is 35.0. The lowest BCUT2D eigenvalue weighted by Crippen LogP contribution is -2.62. The van der Waals surface area contributed by atoms with E-state index in [4.69, 9.17) is 26.6 Å². The van der Waals surface area contributed by atoms with Gasteiger partial charge in [-0.1, -0.05) is 13.3 Å². The minimum atomic E-state index is -3.23. The minimum absolute atomic E-state index is 0.0944. The average Bonchev–Trinajstić information content (AvgIpc) is 2.74. The Kier molecular flexibility index (Phi) is 18.8. The maximum atomic E-state index is 13.0. The summed E-state index contributed by atoms with van der Waals surface area (Å²) in [5.74, 6) is -0.288. The monoisotopic (exact) mass is 496 g/mol. The van der Waals surface area contributed by atoms with Crippen LogP contribution in [-0.2, 0) is 31.4 Å². The van der Waals surface area contributed by atoms with Crippen molar-refractivity contribution < 1.29 is 31.4 Å². The number of carbonyl (C=O) groups excluding carboxylic acids is 1. The number of hydrogen-bond donors (Lipinski definition) is 2. The van der Waals surface area contributed by atoms with Gasteiger partial charge in [0.2, 0.25) is 5.91 Å². The lowest BCUT2D eigenvalue weighted by molar-refractivity contribution is -0.125. The molecule has 0 saturated heterocycles. The number of rotatable bonds is 22. The van der Waals surface area contributed by atoms with Crippen molar-refractivity contribution in [3.63, 3.8) is 0 Å². The molecule has 0 aliphatic heterocycles. The molecule has 0 rings (SSSR count). The highest BCUT2D eigenvalue weighted by atomic mass is 28.4. The number of carbonyl (C=O) groups is 1. The van der Waals surface area contributed by atoms with Gasteiger partial charge in [0.1, 0.15) is 0 Å². The molecule has 2 N–H and O–H groups in total. The Hall–Kier alpha value is -0.376. The smallest absolute Gasteiger partial charge is 0.374 e. The van der Waals surface area contributed by atoms with Gasteiger partial charge in [-0.05, 0) is 60.9 Å². The molecule has 0 fully saturated rings. The van der Waals surface area contributed by atoms with Gasteiger partial charge in [-0.15, -0.1) is 0 Å². The summed E-state index contributed by atoms with van der Waals surface area (Å²) in [6.07, 6.45) is 2.52. The summed E-state index contributed by atoms with van der Waals surface area (Å²) in [4.78, 5) is 16.0. The van der Waals surface area contributed by atoms with E-state index in [1.54, 1.807) is 0 Å². The zero-order valence-electron chi connectivity index (χ0n) is 21.4. The SMILES string of the molecule is CCCC(CNCCC[Si](OCC)(OCC)OCC)C(=O)N[Si](OCC)(OCC)OCC. The molecule has 0 radical (unpaired) electrons. The Bertz CT molecular complexity index is 441. The largest absolute Gasteiger partial charge is 0.633 e. The first-order valence-corrected chi connectivity index (χ1v) is 15.9. The first kappa shape index (κ1) is 31.6. The molecule has 0 aliphatic carbocycles. The second kappa shape index (κ2) is 19.0. The van der Waals surface area contributed by atoms with Crippen molar-refractivity contribution in [1.82, 2.24) is 10.3 Å². The summed E-state index contributed by atoms with van der Waals surface area (Å²) in [6, 6.07) is 0.745. The molecule has 192 valence electrons. The van der Waals surface area contributed by atoms with E-state index in [1.807, 2.05) is 41.5 Å². The third-order valence-corrected chi connectivity index (χ3v) is 10.3.